The first-order valence-electron chi connectivity index (χ1n) is 8.72. The van der Waals surface area contributed by atoms with Crippen LogP contribution in [-0.4, -0.2) is 46.5 Å². The minimum atomic E-state index is -0.172. The predicted octanol–water partition coefficient (Wildman–Crippen LogP) is 1.35. The maximum Gasteiger partial charge on any atom is 0.271 e. The number of carbonyl (C=O) groups is 1. The smallest absolute Gasteiger partial charge is 0.271 e. The molecule has 1 amide bonds. The van der Waals surface area contributed by atoms with Crippen LogP contribution in [0.4, 0.5) is 5.69 Å². The fraction of sp³-hybridized carbons (Fsp3) is 0.316. The SMILES string of the molecule is NCC=CC(=O)N1CCC[C@@H](Nc2cc(-c3ccncc3)c[nH]c2=O)C1. The highest BCUT2D eigenvalue weighted by Gasteiger charge is 2.23. The van der Waals surface area contributed by atoms with Crippen molar-refractivity contribution < 1.29 is 4.79 Å². The summed E-state index contributed by atoms with van der Waals surface area (Å²) in [5.41, 5.74) is 7.63. The topological polar surface area (TPSA) is 104 Å². The minimum Gasteiger partial charge on any atom is -0.376 e. The Labute approximate surface area is 151 Å². The first-order valence-corrected chi connectivity index (χ1v) is 8.72. The third-order valence-electron chi connectivity index (χ3n) is 4.41. The number of pyridine rings is 2. The Morgan fingerprint density at radius 3 is 2.96 bits per heavy atom. The number of hydrogen-bond acceptors (Lipinski definition) is 5. The number of hydrogen-bond donors (Lipinski definition) is 3. The third-order valence-corrected chi connectivity index (χ3v) is 4.41. The van der Waals surface area contributed by atoms with Crippen LogP contribution >= 0.6 is 0 Å². The molecule has 136 valence electrons. The summed E-state index contributed by atoms with van der Waals surface area (Å²) in [5.74, 6) is -0.0404. The molecule has 0 spiro atoms. The van der Waals surface area contributed by atoms with Crippen LogP contribution in [0, 0.1) is 0 Å². The van der Waals surface area contributed by atoms with Gasteiger partial charge in [0.15, 0.2) is 0 Å². The maximum atomic E-state index is 12.2. The number of aromatic nitrogens is 2. The zero-order valence-corrected chi connectivity index (χ0v) is 14.5. The lowest BCUT2D eigenvalue weighted by Gasteiger charge is -2.33. The molecule has 7 heteroatoms. The lowest BCUT2D eigenvalue weighted by atomic mass is 10.0. The van der Waals surface area contributed by atoms with Crippen molar-refractivity contribution in [1.82, 2.24) is 14.9 Å². The van der Waals surface area contributed by atoms with Gasteiger partial charge in [-0.25, -0.2) is 0 Å². The number of rotatable bonds is 5. The Kier molecular flexibility index (Phi) is 5.80. The van der Waals surface area contributed by atoms with E-state index in [2.05, 4.69) is 15.3 Å². The Morgan fingerprint density at radius 2 is 2.19 bits per heavy atom. The van der Waals surface area contributed by atoms with Gasteiger partial charge in [0, 0.05) is 55.9 Å². The van der Waals surface area contributed by atoms with Gasteiger partial charge < -0.3 is 20.9 Å². The molecular formula is C19H23N5O2. The number of nitrogens with two attached hydrogens (primary N) is 1. The quantitative estimate of drug-likeness (QED) is 0.704. The van der Waals surface area contributed by atoms with E-state index in [1.54, 1.807) is 29.6 Å². The number of nitrogens with zero attached hydrogens (tertiary/aromatic N) is 2. The largest absolute Gasteiger partial charge is 0.376 e. The Morgan fingerprint density at radius 1 is 1.38 bits per heavy atom. The van der Waals surface area contributed by atoms with Crippen LogP contribution in [0.25, 0.3) is 11.1 Å². The molecule has 2 aromatic rings. The molecule has 0 aromatic carbocycles. The molecule has 0 bridgehead atoms. The summed E-state index contributed by atoms with van der Waals surface area (Å²) >= 11 is 0. The van der Waals surface area contributed by atoms with Gasteiger partial charge in [-0.15, -0.1) is 0 Å². The van der Waals surface area contributed by atoms with Crippen LogP contribution in [0.1, 0.15) is 12.8 Å². The highest BCUT2D eigenvalue weighted by molar-refractivity contribution is 5.87. The summed E-state index contributed by atoms with van der Waals surface area (Å²) < 4.78 is 0. The van der Waals surface area contributed by atoms with Crippen molar-refractivity contribution in [1.29, 1.82) is 0 Å². The molecule has 3 heterocycles. The summed E-state index contributed by atoms with van der Waals surface area (Å²) in [5, 5.41) is 3.30. The number of aromatic amines is 1. The van der Waals surface area contributed by atoms with E-state index in [1.807, 2.05) is 18.2 Å². The van der Waals surface area contributed by atoms with Crippen molar-refractivity contribution in [2.75, 3.05) is 25.0 Å². The van der Waals surface area contributed by atoms with E-state index in [-0.39, 0.29) is 17.5 Å². The molecule has 1 aliphatic heterocycles. The maximum absolute atomic E-state index is 12.2. The second kappa shape index (κ2) is 8.44. The molecule has 1 saturated heterocycles. The summed E-state index contributed by atoms with van der Waals surface area (Å²) in [6, 6.07) is 5.65. The Bertz CT molecular complexity index is 831. The van der Waals surface area contributed by atoms with Gasteiger partial charge in [0.25, 0.3) is 5.56 Å². The fourth-order valence-electron chi connectivity index (χ4n) is 3.09. The van der Waals surface area contributed by atoms with Crippen molar-refractivity contribution in [3.8, 4) is 11.1 Å². The van der Waals surface area contributed by atoms with Crippen LogP contribution in [0.2, 0.25) is 0 Å². The number of H-pyrrole nitrogens is 1. The number of amides is 1. The minimum absolute atomic E-state index is 0.0350. The monoisotopic (exact) mass is 353 g/mol. The van der Waals surface area contributed by atoms with Crippen molar-refractivity contribution in [3.05, 3.63) is 59.3 Å². The standard InChI is InChI=1S/C19H23N5O2/c20-7-1-4-18(25)24-10-2-3-16(13-24)23-17-11-15(12-22-19(17)26)14-5-8-21-9-6-14/h1,4-6,8-9,11-12,16,23H,2-3,7,10,13,20H2,(H,22,26)/t16-/m1/s1. The Balaban J connectivity index is 1.73. The molecule has 1 atom stereocenters. The van der Waals surface area contributed by atoms with Gasteiger partial charge in [-0.3, -0.25) is 14.6 Å². The van der Waals surface area contributed by atoms with Gasteiger partial charge in [-0.2, -0.15) is 0 Å². The Hall–Kier alpha value is -2.93. The van der Waals surface area contributed by atoms with Crippen molar-refractivity contribution in [3.63, 3.8) is 0 Å². The van der Waals surface area contributed by atoms with Crippen LogP contribution in [0.3, 0.4) is 0 Å². The summed E-state index contributed by atoms with van der Waals surface area (Å²) in [7, 11) is 0. The average molecular weight is 353 g/mol. The molecule has 2 aromatic heterocycles. The number of carbonyl (C=O) groups excluding carboxylic acids is 1. The normalized spacial score (nSPS) is 17.4. The summed E-state index contributed by atoms with van der Waals surface area (Å²) in [6.07, 6.45) is 10.1. The summed E-state index contributed by atoms with van der Waals surface area (Å²) in [4.78, 5) is 32.9. The van der Waals surface area contributed by atoms with Crippen molar-refractivity contribution in [2.45, 2.75) is 18.9 Å². The number of anilines is 1. The second-order valence-corrected chi connectivity index (χ2v) is 6.27. The molecule has 1 aliphatic rings. The highest BCUT2D eigenvalue weighted by Crippen LogP contribution is 2.20. The van der Waals surface area contributed by atoms with Crippen LogP contribution in [-0.2, 0) is 4.79 Å². The van der Waals surface area contributed by atoms with Crippen molar-refractivity contribution >= 4 is 11.6 Å². The van der Waals surface area contributed by atoms with Crippen LogP contribution in [0.15, 0.2) is 53.7 Å². The van der Waals surface area contributed by atoms with E-state index in [4.69, 9.17) is 5.73 Å². The van der Waals surface area contributed by atoms with E-state index in [0.29, 0.717) is 18.8 Å². The molecule has 0 unspecified atom stereocenters. The molecule has 0 saturated carbocycles. The van der Waals surface area contributed by atoms with E-state index >= 15 is 0 Å². The van der Waals surface area contributed by atoms with E-state index < -0.39 is 0 Å². The van der Waals surface area contributed by atoms with Crippen LogP contribution < -0.4 is 16.6 Å². The van der Waals surface area contributed by atoms with Gasteiger partial charge in [0.1, 0.15) is 5.69 Å². The zero-order chi connectivity index (χ0) is 18.4. The first kappa shape index (κ1) is 17.9. The van der Waals surface area contributed by atoms with Crippen LogP contribution in [0.5, 0.6) is 0 Å². The lowest BCUT2D eigenvalue weighted by Crippen LogP contribution is -2.45. The fourth-order valence-corrected chi connectivity index (χ4v) is 3.09. The van der Waals surface area contributed by atoms with E-state index in [9.17, 15) is 9.59 Å². The molecule has 1 fully saturated rings. The number of likely N-dealkylation sites (tertiary alicyclic amines) is 1. The molecule has 0 radical (unpaired) electrons. The van der Waals surface area contributed by atoms with Gasteiger partial charge in [-0.05, 0) is 36.6 Å². The molecule has 4 N–H and O–H groups in total. The second-order valence-electron chi connectivity index (χ2n) is 6.27. The van der Waals surface area contributed by atoms with Gasteiger partial charge in [0.2, 0.25) is 5.91 Å². The zero-order valence-electron chi connectivity index (χ0n) is 14.5. The molecule has 0 aliphatic carbocycles. The lowest BCUT2D eigenvalue weighted by molar-refractivity contribution is -0.127. The predicted molar refractivity (Wildman–Crippen MR) is 102 cm³/mol. The van der Waals surface area contributed by atoms with E-state index in [1.165, 1.54) is 6.08 Å². The summed E-state index contributed by atoms with van der Waals surface area (Å²) in [6.45, 7) is 1.63. The van der Waals surface area contributed by atoms with Gasteiger partial charge >= 0.3 is 0 Å². The molecular weight excluding hydrogens is 330 g/mol. The first-order chi connectivity index (χ1) is 12.7. The van der Waals surface area contributed by atoms with Gasteiger partial charge in [-0.1, -0.05) is 6.08 Å². The molecule has 26 heavy (non-hydrogen) atoms. The average Bonchev–Trinajstić information content (AvgIpc) is 2.68. The number of piperidine rings is 1. The van der Waals surface area contributed by atoms with E-state index in [0.717, 1.165) is 30.5 Å². The number of nitrogens with one attached hydrogen (secondary N) is 2. The third kappa shape index (κ3) is 4.37. The molecule has 7 nitrogen and oxygen atoms in total. The molecule has 3 rings (SSSR count). The highest BCUT2D eigenvalue weighted by atomic mass is 16.2. The van der Waals surface area contributed by atoms with Gasteiger partial charge in [0.05, 0.1) is 0 Å². The van der Waals surface area contributed by atoms with Crippen molar-refractivity contribution in [2.24, 2.45) is 5.73 Å².